The number of hydrogen-bond acceptors (Lipinski definition) is 2. The maximum atomic E-state index is 12.1. The van der Waals surface area contributed by atoms with Gasteiger partial charge in [-0.3, -0.25) is 4.79 Å². The zero-order valence-electron chi connectivity index (χ0n) is 12.3. The van der Waals surface area contributed by atoms with E-state index in [1.54, 1.807) is 0 Å². The van der Waals surface area contributed by atoms with Crippen molar-refractivity contribution >= 4 is 5.91 Å². The fraction of sp³-hybridized carbons (Fsp3) is 0.471. The maximum absolute atomic E-state index is 12.1. The smallest absolute Gasteiger partial charge is 0.238 e. The Labute approximate surface area is 121 Å². The molecule has 1 amide bonds. The van der Waals surface area contributed by atoms with Crippen LogP contribution in [0.1, 0.15) is 44.7 Å². The van der Waals surface area contributed by atoms with Crippen LogP contribution in [0.3, 0.4) is 0 Å². The molecule has 0 fully saturated rings. The molecule has 0 aliphatic carbocycles. The maximum Gasteiger partial charge on any atom is 0.238 e. The molecule has 2 atom stereocenters. The highest BCUT2D eigenvalue weighted by Gasteiger charge is 2.24. The van der Waals surface area contributed by atoms with Gasteiger partial charge in [-0.05, 0) is 11.5 Å². The average Bonchev–Trinajstić information content (AvgIpc) is 2.48. The van der Waals surface area contributed by atoms with Crippen molar-refractivity contribution in [3.05, 3.63) is 35.9 Å². The molecule has 0 saturated carbocycles. The Morgan fingerprint density at radius 1 is 1.30 bits per heavy atom. The monoisotopic (exact) mass is 272 g/mol. The fourth-order valence-electron chi connectivity index (χ4n) is 2.37. The minimum atomic E-state index is -0.638. The van der Waals surface area contributed by atoms with Crippen molar-refractivity contribution in [3.8, 4) is 12.3 Å². The summed E-state index contributed by atoms with van der Waals surface area (Å²) in [4.78, 5) is 12.1. The molecule has 1 aromatic carbocycles. The van der Waals surface area contributed by atoms with Gasteiger partial charge < -0.3 is 11.1 Å². The summed E-state index contributed by atoms with van der Waals surface area (Å²) >= 11 is 0. The standard InChI is InChI=1S/C17H24N2O/c1-4-10-15(18)17(20)19-16(13(5-2)6-3)14-11-8-7-9-12-14/h1,7-9,11-13,15-16H,5-6,10,18H2,2-3H3,(H,19,20). The van der Waals surface area contributed by atoms with Gasteiger partial charge >= 0.3 is 0 Å². The Bertz CT molecular complexity index is 446. The Morgan fingerprint density at radius 3 is 2.40 bits per heavy atom. The van der Waals surface area contributed by atoms with Gasteiger partial charge in [0.1, 0.15) is 0 Å². The molecule has 3 nitrogen and oxygen atoms in total. The summed E-state index contributed by atoms with van der Waals surface area (Å²) in [5, 5.41) is 3.06. The Kier molecular flexibility index (Phi) is 6.83. The van der Waals surface area contributed by atoms with E-state index in [1.807, 2.05) is 30.3 Å². The number of benzene rings is 1. The van der Waals surface area contributed by atoms with Crippen LogP contribution in [0.4, 0.5) is 0 Å². The van der Waals surface area contributed by atoms with Crippen molar-refractivity contribution in [2.24, 2.45) is 11.7 Å². The predicted octanol–water partition coefficient (Wildman–Crippen LogP) is 2.63. The first-order valence-electron chi connectivity index (χ1n) is 7.18. The molecule has 0 bridgehead atoms. The Balaban J connectivity index is 2.89. The molecular formula is C17H24N2O. The van der Waals surface area contributed by atoms with E-state index in [2.05, 4.69) is 25.1 Å². The number of nitrogens with one attached hydrogen (secondary N) is 1. The van der Waals surface area contributed by atoms with E-state index in [9.17, 15) is 4.79 Å². The SMILES string of the molecule is C#CCC(N)C(=O)NC(c1ccccc1)C(CC)CC. The van der Waals surface area contributed by atoms with E-state index in [0.29, 0.717) is 5.92 Å². The number of amides is 1. The van der Waals surface area contributed by atoms with Crippen LogP contribution in [0.2, 0.25) is 0 Å². The third-order valence-electron chi connectivity index (χ3n) is 3.65. The number of hydrogen-bond donors (Lipinski definition) is 2. The minimum Gasteiger partial charge on any atom is -0.348 e. The molecule has 1 rings (SSSR count). The van der Waals surface area contributed by atoms with Crippen LogP contribution in [0.25, 0.3) is 0 Å². The molecule has 2 unspecified atom stereocenters. The highest BCUT2D eigenvalue weighted by molar-refractivity contribution is 5.82. The fourth-order valence-corrected chi connectivity index (χ4v) is 2.37. The number of carbonyl (C=O) groups excluding carboxylic acids is 1. The van der Waals surface area contributed by atoms with E-state index in [4.69, 9.17) is 12.2 Å². The van der Waals surface area contributed by atoms with Gasteiger partial charge in [-0.2, -0.15) is 0 Å². The van der Waals surface area contributed by atoms with Gasteiger partial charge in [0.2, 0.25) is 5.91 Å². The third-order valence-corrected chi connectivity index (χ3v) is 3.65. The zero-order chi connectivity index (χ0) is 15.0. The van der Waals surface area contributed by atoms with Crippen LogP contribution in [0, 0.1) is 18.3 Å². The van der Waals surface area contributed by atoms with Gasteiger partial charge in [0.25, 0.3) is 0 Å². The molecule has 0 aliphatic rings. The van der Waals surface area contributed by atoms with Crippen LogP contribution >= 0.6 is 0 Å². The summed E-state index contributed by atoms with van der Waals surface area (Å²) in [7, 11) is 0. The lowest BCUT2D eigenvalue weighted by molar-refractivity contribution is -0.123. The second kappa shape index (κ2) is 8.39. The molecule has 0 heterocycles. The number of terminal acetylenes is 1. The Morgan fingerprint density at radius 2 is 1.90 bits per heavy atom. The summed E-state index contributed by atoms with van der Waals surface area (Å²) in [6, 6.07) is 9.37. The first-order chi connectivity index (χ1) is 9.63. The van der Waals surface area contributed by atoms with Crippen LogP contribution in [0.15, 0.2) is 30.3 Å². The molecule has 0 radical (unpaired) electrons. The molecule has 20 heavy (non-hydrogen) atoms. The molecule has 0 spiro atoms. The summed E-state index contributed by atoms with van der Waals surface area (Å²) in [6.45, 7) is 4.27. The van der Waals surface area contributed by atoms with Gasteiger partial charge in [0.05, 0.1) is 12.1 Å². The van der Waals surface area contributed by atoms with E-state index < -0.39 is 6.04 Å². The predicted molar refractivity (Wildman–Crippen MR) is 82.8 cm³/mol. The van der Waals surface area contributed by atoms with Gasteiger partial charge in [0, 0.05) is 6.42 Å². The topological polar surface area (TPSA) is 55.1 Å². The zero-order valence-corrected chi connectivity index (χ0v) is 12.3. The van der Waals surface area contributed by atoms with Gasteiger partial charge in [-0.15, -0.1) is 12.3 Å². The largest absolute Gasteiger partial charge is 0.348 e. The van der Waals surface area contributed by atoms with Crippen molar-refractivity contribution in [2.75, 3.05) is 0 Å². The first-order valence-corrected chi connectivity index (χ1v) is 7.18. The lowest BCUT2D eigenvalue weighted by atomic mass is 9.88. The van der Waals surface area contributed by atoms with Crippen LogP contribution in [0.5, 0.6) is 0 Å². The molecule has 0 aromatic heterocycles. The lowest BCUT2D eigenvalue weighted by Crippen LogP contribution is -2.43. The van der Waals surface area contributed by atoms with Gasteiger partial charge in [0.15, 0.2) is 0 Å². The first kappa shape index (κ1) is 16.3. The Hall–Kier alpha value is -1.79. The van der Waals surface area contributed by atoms with E-state index in [-0.39, 0.29) is 18.4 Å². The summed E-state index contributed by atoms with van der Waals surface area (Å²) in [5.41, 5.74) is 6.90. The van der Waals surface area contributed by atoms with E-state index in [1.165, 1.54) is 0 Å². The van der Waals surface area contributed by atoms with Crippen molar-refractivity contribution in [3.63, 3.8) is 0 Å². The molecule has 0 aliphatic heterocycles. The summed E-state index contributed by atoms with van der Waals surface area (Å²) < 4.78 is 0. The lowest BCUT2D eigenvalue weighted by Gasteiger charge is -2.28. The van der Waals surface area contributed by atoms with Crippen LogP contribution in [-0.2, 0) is 4.79 Å². The van der Waals surface area contributed by atoms with Crippen molar-refractivity contribution in [1.29, 1.82) is 0 Å². The number of rotatable bonds is 7. The van der Waals surface area contributed by atoms with Gasteiger partial charge in [-0.25, -0.2) is 0 Å². The second-order valence-corrected chi connectivity index (χ2v) is 4.99. The normalized spacial score (nSPS) is 13.6. The van der Waals surface area contributed by atoms with E-state index >= 15 is 0 Å². The van der Waals surface area contributed by atoms with Crippen molar-refractivity contribution < 1.29 is 4.79 Å². The molecule has 3 N–H and O–H groups in total. The quantitative estimate of drug-likeness (QED) is 0.750. The summed E-state index contributed by atoms with van der Waals surface area (Å²) in [6.07, 6.45) is 7.47. The average molecular weight is 272 g/mol. The number of carbonyl (C=O) groups is 1. The summed E-state index contributed by atoms with van der Waals surface area (Å²) in [5.74, 6) is 2.64. The second-order valence-electron chi connectivity index (χ2n) is 4.99. The minimum absolute atomic E-state index is 0.0116. The third kappa shape index (κ3) is 4.40. The molecule has 1 aromatic rings. The molecular weight excluding hydrogens is 248 g/mol. The van der Waals surface area contributed by atoms with Crippen molar-refractivity contribution in [2.45, 2.75) is 45.2 Å². The van der Waals surface area contributed by atoms with Gasteiger partial charge in [-0.1, -0.05) is 57.0 Å². The highest BCUT2D eigenvalue weighted by atomic mass is 16.2. The molecule has 108 valence electrons. The molecule has 0 saturated heterocycles. The van der Waals surface area contributed by atoms with E-state index in [0.717, 1.165) is 18.4 Å². The van der Waals surface area contributed by atoms with Crippen molar-refractivity contribution in [1.82, 2.24) is 5.32 Å². The van der Waals surface area contributed by atoms with Crippen LogP contribution in [-0.4, -0.2) is 11.9 Å². The number of nitrogens with two attached hydrogens (primary N) is 1. The molecule has 3 heteroatoms. The van der Waals surface area contributed by atoms with Crippen LogP contribution < -0.4 is 11.1 Å². The highest BCUT2D eigenvalue weighted by Crippen LogP contribution is 2.27.